The molecule has 0 saturated heterocycles. The van der Waals surface area contributed by atoms with Gasteiger partial charge in [0.15, 0.2) is 0 Å². The summed E-state index contributed by atoms with van der Waals surface area (Å²) >= 11 is 0. The Balaban J connectivity index is 1.73. The lowest BCUT2D eigenvalue weighted by Crippen LogP contribution is -2.28. The lowest BCUT2D eigenvalue weighted by Gasteiger charge is -2.27. The Morgan fingerprint density at radius 1 is 1.16 bits per heavy atom. The standard InChI is InChI=1S/C19H28N2O4/c1-2-24-19(23)16-5-3-14(4-6-16)13-25-17-9-7-15(8-10-17)18(22)21-12-11-20/h7-10,14,16H,2-6,11-13,20H2,1H3,(H,21,22)/t14-,16+. The van der Waals surface area contributed by atoms with Crippen molar-refractivity contribution in [3.8, 4) is 5.75 Å². The number of rotatable bonds is 8. The zero-order valence-electron chi connectivity index (χ0n) is 14.8. The number of carbonyl (C=O) groups is 2. The first-order valence-corrected chi connectivity index (χ1v) is 9.01. The normalized spacial score (nSPS) is 19.9. The lowest BCUT2D eigenvalue weighted by atomic mass is 9.82. The summed E-state index contributed by atoms with van der Waals surface area (Å²) in [5, 5.41) is 2.73. The van der Waals surface area contributed by atoms with Gasteiger partial charge in [-0.2, -0.15) is 0 Å². The molecule has 138 valence electrons. The number of nitrogens with one attached hydrogen (secondary N) is 1. The first-order chi connectivity index (χ1) is 12.1. The molecule has 1 amide bonds. The van der Waals surface area contributed by atoms with E-state index in [1.807, 2.05) is 19.1 Å². The average molecular weight is 348 g/mol. The first kappa shape index (κ1) is 19.2. The molecule has 0 aromatic heterocycles. The van der Waals surface area contributed by atoms with Gasteiger partial charge in [-0.3, -0.25) is 9.59 Å². The third-order valence-electron chi connectivity index (χ3n) is 4.50. The van der Waals surface area contributed by atoms with Gasteiger partial charge in [-0.05, 0) is 62.8 Å². The number of carbonyl (C=O) groups excluding carboxylic acids is 2. The molecule has 0 aliphatic heterocycles. The van der Waals surface area contributed by atoms with E-state index in [2.05, 4.69) is 5.32 Å². The van der Waals surface area contributed by atoms with Gasteiger partial charge in [0.2, 0.25) is 0 Å². The minimum atomic E-state index is -0.130. The van der Waals surface area contributed by atoms with Gasteiger partial charge >= 0.3 is 5.97 Å². The summed E-state index contributed by atoms with van der Waals surface area (Å²) in [6.07, 6.45) is 3.69. The molecular weight excluding hydrogens is 320 g/mol. The Kier molecular flexibility index (Phi) is 7.73. The Labute approximate surface area is 149 Å². The van der Waals surface area contributed by atoms with Crippen molar-refractivity contribution in [3.63, 3.8) is 0 Å². The molecule has 0 atom stereocenters. The molecule has 2 rings (SSSR count). The molecule has 1 aliphatic rings. The van der Waals surface area contributed by atoms with Gasteiger partial charge in [0.05, 0.1) is 19.1 Å². The number of hydrogen-bond acceptors (Lipinski definition) is 5. The Hall–Kier alpha value is -2.08. The van der Waals surface area contributed by atoms with Crippen LogP contribution in [0, 0.1) is 11.8 Å². The van der Waals surface area contributed by atoms with E-state index in [4.69, 9.17) is 15.2 Å². The quantitative estimate of drug-likeness (QED) is 0.702. The highest BCUT2D eigenvalue weighted by Gasteiger charge is 2.27. The van der Waals surface area contributed by atoms with E-state index in [9.17, 15) is 9.59 Å². The number of nitrogens with two attached hydrogens (primary N) is 1. The smallest absolute Gasteiger partial charge is 0.308 e. The van der Waals surface area contributed by atoms with Crippen LogP contribution in [0.3, 0.4) is 0 Å². The van der Waals surface area contributed by atoms with E-state index in [-0.39, 0.29) is 17.8 Å². The minimum absolute atomic E-state index is 0.0440. The maximum Gasteiger partial charge on any atom is 0.308 e. The van der Waals surface area contributed by atoms with Gasteiger partial charge in [-0.1, -0.05) is 0 Å². The molecule has 6 nitrogen and oxygen atoms in total. The van der Waals surface area contributed by atoms with E-state index < -0.39 is 0 Å². The molecule has 25 heavy (non-hydrogen) atoms. The molecule has 0 unspecified atom stereocenters. The monoisotopic (exact) mass is 348 g/mol. The predicted octanol–water partition coefficient (Wildman–Crippen LogP) is 2.12. The molecule has 6 heteroatoms. The highest BCUT2D eigenvalue weighted by molar-refractivity contribution is 5.94. The Morgan fingerprint density at radius 3 is 2.44 bits per heavy atom. The Morgan fingerprint density at radius 2 is 1.84 bits per heavy atom. The largest absolute Gasteiger partial charge is 0.493 e. The number of benzene rings is 1. The molecule has 1 fully saturated rings. The fourth-order valence-corrected chi connectivity index (χ4v) is 3.03. The molecular formula is C19H28N2O4. The molecule has 0 heterocycles. The Bertz CT molecular complexity index is 551. The van der Waals surface area contributed by atoms with Crippen molar-refractivity contribution >= 4 is 11.9 Å². The van der Waals surface area contributed by atoms with Crippen LogP contribution in [0.25, 0.3) is 0 Å². The van der Waals surface area contributed by atoms with Crippen LogP contribution in [0.15, 0.2) is 24.3 Å². The summed E-state index contributed by atoms with van der Waals surface area (Å²) in [5.41, 5.74) is 5.96. The number of hydrogen-bond donors (Lipinski definition) is 2. The molecule has 0 bridgehead atoms. The third-order valence-corrected chi connectivity index (χ3v) is 4.50. The van der Waals surface area contributed by atoms with Crippen molar-refractivity contribution in [2.24, 2.45) is 17.6 Å². The SMILES string of the molecule is CCOC(=O)[C@H]1CC[C@@H](COc2ccc(C(=O)NCCN)cc2)CC1. The highest BCUT2D eigenvalue weighted by Crippen LogP contribution is 2.30. The van der Waals surface area contributed by atoms with E-state index >= 15 is 0 Å². The minimum Gasteiger partial charge on any atom is -0.493 e. The molecule has 0 spiro atoms. The van der Waals surface area contributed by atoms with E-state index in [1.165, 1.54) is 0 Å². The van der Waals surface area contributed by atoms with Crippen molar-refractivity contribution < 1.29 is 19.1 Å². The van der Waals surface area contributed by atoms with Crippen LogP contribution in [0.4, 0.5) is 0 Å². The van der Waals surface area contributed by atoms with Crippen molar-refractivity contribution in [1.29, 1.82) is 0 Å². The summed E-state index contributed by atoms with van der Waals surface area (Å²) in [5.74, 6) is 1.06. The predicted molar refractivity (Wildman–Crippen MR) is 95.4 cm³/mol. The average Bonchev–Trinajstić information content (AvgIpc) is 2.65. The van der Waals surface area contributed by atoms with Crippen LogP contribution in [0.1, 0.15) is 43.0 Å². The van der Waals surface area contributed by atoms with Gasteiger partial charge in [0.1, 0.15) is 5.75 Å². The van der Waals surface area contributed by atoms with E-state index in [0.29, 0.717) is 37.8 Å². The summed E-state index contributed by atoms with van der Waals surface area (Å²) in [6.45, 7) is 3.80. The second-order valence-electron chi connectivity index (χ2n) is 6.35. The summed E-state index contributed by atoms with van der Waals surface area (Å²) < 4.78 is 10.9. The fourth-order valence-electron chi connectivity index (χ4n) is 3.03. The molecule has 1 aromatic carbocycles. The molecule has 1 saturated carbocycles. The van der Waals surface area contributed by atoms with E-state index in [1.54, 1.807) is 12.1 Å². The highest BCUT2D eigenvalue weighted by atomic mass is 16.5. The topological polar surface area (TPSA) is 90.6 Å². The van der Waals surface area contributed by atoms with Gasteiger partial charge < -0.3 is 20.5 Å². The maximum absolute atomic E-state index is 11.8. The van der Waals surface area contributed by atoms with Gasteiger partial charge in [0.25, 0.3) is 5.91 Å². The zero-order chi connectivity index (χ0) is 18.1. The number of amides is 1. The summed E-state index contributed by atoms with van der Waals surface area (Å²) in [4.78, 5) is 23.6. The van der Waals surface area contributed by atoms with Crippen molar-refractivity contribution in [3.05, 3.63) is 29.8 Å². The molecule has 1 aliphatic carbocycles. The van der Waals surface area contributed by atoms with Crippen LogP contribution in [-0.4, -0.2) is 38.2 Å². The second kappa shape index (κ2) is 10.0. The van der Waals surface area contributed by atoms with Gasteiger partial charge in [-0.25, -0.2) is 0 Å². The van der Waals surface area contributed by atoms with Crippen LogP contribution in [0.2, 0.25) is 0 Å². The summed E-state index contributed by atoms with van der Waals surface area (Å²) in [7, 11) is 0. The summed E-state index contributed by atoms with van der Waals surface area (Å²) in [6, 6.07) is 7.11. The van der Waals surface area contributed by atoms with Crippen molar-refractivity contribution in [2.45, 2.75) is 32.6 Å². The van der Waals surface area contributed by atoms with Gasteiger partial charge in [0, 0.05) is 18.7 Å². The number of ether oxygens (including phenoxy) is 2. The second-order valence-corrected chi connectivity index (χ2v) is 6.35. The molecule has 3 N–H and O–H groups in total. The fraction of sp³-hybridized carbons (Fsp3) is 0.579. The van der Waals surface area contributed by atoms with Gasteiger partial charge in [-0.15, -0.1) is 0 Å². The molecule has 0 radical (unpaired) electrons. The molecule has 1 aromatic rings. The number of esters is 1. The first-order valence-electron chi connectivity index (χ1n) is 9.01. The van der Waals surface area contributed by atoms with Crippen LogP contribution in [0.5, 0.6) is 5.75 Å². The zero-order valence-corrected chi connectivity index (χ0v) is 14.8. The van der Waals surface area contributed by atoms with E-state index in [0.717, 1.165) is 31.4 Å². The lowest BCUT2D eigenvalue weighted by molar-refractivity contribution is -0.149. The van der Waals surface area contributed by atoms with Crippen molar-refractivity contribution in [2.75, 3.05) is 26.3 Å². The third kappa shape index (κ3) is 6.05. The van der Waals surface area contributed by atoms with Crippen LogP contribution < -0.4 is 15.8 Å². The maximum atomic E-state index is 11.8. The van der Waals surface area contributed by atoms with Crippen LogP contribution >= 0.6 is 0 Å². The van der Waals surface area contributed by atoms with Crippen molar-refractivity contribution in [1.82, 2.24) is 5.32 Å². The van der Waals surface area contributed by atoms with Crippen LogP contribution in [-0.2, 0) is 9.53 Å².